The average Bonchev–Trinajstić information content (AvgIpc) is 3.39. The van der Waals surface area contributed by atoms with Crippen LogP contribution >= 0.6 is 11.3 Å². The molecule has 0 radical (unpaired) electrons. The maximum atomic E-state index is 12.9. The van der Waals surface area contributed by atoms with Crippen molar-refractivity contribution in [1.29, 1.82) is 0 Å². The Morgan fingerprint density at radius 2 is 2.11 bits per heavy atom. The van der Waals surface area contributed by atoms with Crippen molar-refractivity contribution in [3.63, 3.8) is 0 Å². The van der Waals surface area contributed by atoms with Crippen LogP contribution in [0.1, 0.15) is 29.8 Å². The van der Waals surface area contributed by atoms with Crippen LogP contribution in [0.2, 0.25) is 0 Å². The molecule has 3 aromatic rings. The molecule has 1 atom stereocenters. The van der Waals surface area contributed by atoms with E-state index in [2.05, 4.69) is 44.7 Å². The SMILES string of the molecule is O=C(C[C@H]1CN2CCC1CC2)c1n[nH]c2cc(-c3cccs3)ccc12.O=CO. The molecule has 5 heterocycles. The van der Waals surface area contributed by atoms with Gasteiger partial charge >= 0.3 is 0 Å². The Morgan fingerprint density at radius 3 is 2.75 bits per heavy atom. The van der Waals surface area contributed by atoms with Crippen LogP contribution in [0.5, 0.6) is 0 Å². The fourth-order valence-corrected chi connectivity index (χ4v) is 5.21. The fraction of sp³-hybridized carbons (Fsp3) is 0.381. The predicted molar refractivity (Wildman–Crippen MR) is 110 cm³/mol. The van der Waals surface area contributed by atoms with Gasteiger partial charge in [-0.15, -0.1) is 11.3 Å². The van der Waals surface area contributed by atoms with E-state index in [4.69, 9.17) is 9.90 Å². The number of carboxylic acid groups (broad SMARTS) is 1. The first-order valence-electron chi connectivity index (χ1n) is 9.55. The maximum Gasteiger partial charge on any atom is 0.290 e. The van der Waals surface area contributed by atoms with Crippen molar-refractivity contribution >= 4 is 34.5 Å². The molecule has 28 heavy (non-hydrogen) atoms. The molecule has 2 bridgehead atoms. The molecule has 3 saturated heterocycles. The second-order valence-corrected chi connectivity index (χ2v) is 8.39. The third-order valence-corrected chi connectivity index (χ3v) is 6.79. The highest BCUT2D eigenvalue weighted by atomic mass is 32.1. The number of hydrogen-bond acceptors (Lipinski definition) is 5. The number of hydrogen-bond donors (Lipinski definition) is 2. The number of Topliss-reactive ketones (excluding diaryl/α,β-unsaturated/α-hetero) is 1. The minimum Gasteiger partial charge on any atom is -0.483 e. The predicted octanol–water partition coefficient (Wildman–Crippen LogP) is 3.91. The summed E-state index contributed by atoms with van der Waals surface area (Å²) in [5, 5.41) is 17.3. The number of fused-ring (bicyclic) bond motifs is 4. The lowest BCUT2D eigenvalue weighted by atomic mass is 9.76. The first-order chi connectivity index (χ1) is 13.7. The highest BCUT2D eigenvalue weighted by Crippen LogP contribution is 2.35. The molecule has 0 amide bonds. The Labute approximate surface area is 167 Å². The van der Waals surface area contributed by atoms with E-state index in [1.54, 1.807) is 11.3 Å². The molecule has 0 aliphatic carbocycles. The van der Waals surface area contributed by atoms with E-state index in [1.165, 1.54) is 36.4 Å². The minimum absolute atomic E-state index is 0.189. The third-order valence-electron chi connectivity index (χ3n) is 5.87. The summed E-state index contributed by atoms with van der Waals surface area (Å²) in [6.07, 6.45) is 3.14. The van der Waals surface area contributed by atoms with Gasteiger partial charge < -0.3 is 10.0 Å². The second kappa shape index (κ2) is 8.24. The van der Waals surface area contributed by atoms with Gasteiger partial charge in [-0.25, -0.2) is 0 Å². The highest BCUT2D eigenvalue weighted by molar-refractivity contribution is 7.13. The first-order valence-corrected chi connectivity index (χ1v) is 10.4. The summed E-state index contributed by atoms with van der Waals surface area (Å²) in [4.78, 5) is 25.0. The van der Waals surface area contributed by atoms with Gasteiger partial charge in [0.25, 0.3) is 6.47 Å². The van der Waals surface area contributed by atoms with Crippen LogP contribution in [0.15, 0.2) is 35.7 Å². The number of piperidine rings is 3. The summed E-state index contributed by atoms with van der Waals surface area (Å²) in [7, 11) is 0. The van der Waals surface area contributed by atoms with Gasteiger partial charge in [0.15, 0.2) is 5.78 Å². The number of nitrogens with zero attached hydrogens (tertiary/aromatic N) is 2. The number of nitrogens with one attached hydrogen (secondary N) is 1. The van der Waals surface area contributed by atoms with Crippen molar-refractivity contribution in [3.05, 3.63) is 41.4 Å². The Morgan fingerprint density at radius 1 is 1.32 bits per heavy atom. The summed E-state index contributed by atoms with van der Waals surface area (Å²) < 4.78 is 0. The van der Waals surface area contributed by atoms with Gasteiger partial charge in [-0.2, -0.15) is 5.10 Å². The molecule has 1 aromatic carbocycles. The molecule has 3 fully saturated rings. The number of H-pyrrole nitrogens is 1. The molecule has 6 rings (SSSR count). The maximum absolute atomic E-state index is 12.9. The Kier molecular flexibility index (Phi) is 5.54. The fourth-order valence-electron chi connectivity index (χ4n) is 4.48. The topological polar surface area (TPSA) is 86.3 Å². The number of carbonyl (C=O) groups excluding carboxylic acids is 1. The van der Waals surface area contributed by atoms with Gasteiger partial charge in [0, 0.05) is 23.2 Å². The number of aromatic nitrogens is 2. The lowest BCUT2D eigenvalue weighted by molar-refractivity contribution is -0.122. The molecular weight excluding hydrogens is 374 g/mol. The molecule has 7 heteroatoms. The standard InChI is InChI=1S/C20H21N3OS.CH2O2/c24-18(11-15-12-23-7-5-13(15)6-8-23)20-16-4-3-14(10-17(16)21-22-20)19-2-1-9-25-19;2-1-3/h1-4,9-10,13,15H,5-8,11-12H2,(H,21,22);1H,(H,2,3)/t15-;/m0./s1. The molecule has 0 unspecified atom stereocenters. The number of thiophene rings is 1. The van der Waals surface area contributed by atoms with E-state index in [9.17, 15) is 4.79 Å². The number of rotatable bonds is 4. The van der Waals surface area contributed by atoms with Crippen molar-refractivity contribution in [3.8, 4) is 10.4 Å². The van der Waals surface area contributed by atoms with Crippen molar-refractivity contribution in [1.82, 2.24) is 15.1 Å². The van der Waals surface area contributed by atoms with Crippen molar-refractivity contribution in [2.45, 2.75) is 19.3 Å². The monoisotopic (exact) mass is 397 g/mol. The Bertz CT molecular complexity index is 959. The van der Waals surface area contributed by atoms with Crippen LogP contribution in [-0.4, -0.2) is 52.1 Å². The summed E-state index contributed by atoms with van der Waals surface area (Å²) in [6, 6.07) is 10.4. The van der Waals surface area contributed by atoms with Gasteiger partial charge in [0.2, 0.25) is 0 Å². The zero-order chi connectivity index (χ0) is 19.5. The highest BCUT2D eigenvalue weighted by Gasteiger charge is 2.35. The van der Waals surface area contributed by atoms with E-state index in [-0.39, 0.29) is 12.3 Å². The van der Waals surface area contributed by atoms with Crippen LogP contribution in [0, 0.1) is 11.8 Å². The van der Waals surface area contributed by atoms with Crippen LogP contribution in [0.4, 0.5) is 0 Å². The summed E-state index contributed by atoms with van der Waals surface area (Å²) in [6.45, 7) is 3.26. The number of carbonyl (C=O) groups is 2. The minimum atomic E-state index is -0.250. The van der Waals surface area contributed by atoms with Gasteiger partial charge in [-0.1, -0.05) is 12.1 Å². The van der Waals surface area contributed by atoms with Gasteiger partial charge in [0.1, 0.15) is 5.69 Å². The lowest BCUT2D eigenvalue weighted by Crippen LogP contribution is -2.47. The van der Waals surface area contributed by atoms with Gasteiger partial charge in [0.05, 0.1) is 5.52 Å². The summed E-state index contributed by atoms with van der Waals surface area (Å²) in [5.41, 5.74) is 2.73. The Hall–Kier alpha value is -2.51. The second-order valence-electron chi connectivity index (χ2n) is 7.44. The van der Waals surface area contributed by atoms with Crippen LogP contribution in [-0.2, 0) is 4.79 Å². The van der Waals surface area contributed by atoms with E-state index in [1.807, 2.05) is 6.07 Å². The van der Waals surface area contributed by atoms with Gasteiger partial charge in [-0.05, 0) is 66.9 Å². The smallest absolute Gasteiger partial charge is 0.290 e. The van der Waals surface area contributed by atoms with Crippen LogP contribution < -0.4 is 0 Å². The van der Waals surface area contributed by atoms with E-state index in [0.717, 1.165) is 23.4 Å². The Balaban J connectivity index is 0.000000604. The van der Waals surface area contributed by atoms with Crippen molar-refractivity contribution < 1.29 is 14.7 Å². The van der Waals surface area contributed by atoms with Crippen LogP contribution in [0.25, 0.3) is 21.3 Å². The zero-order valence-electron chi connectivity index (χ0n) is 15.5. The summed E-state index contributed by atoms with van der Waals surface area (Å²) in [5.74, 6) is 1.42. The van der Waals surface area contributed by atoms with Crippen molar-refractivity contribution in [2.24, 2.45) is 11.8 Å². The van der Waals surface area contributed by atoms with E-state index < -0.39 is 0 Å². The normalized spacial score (nSPS) is 23.2. The molecule has 2 N–H and O–H groups in total. The third kappa shape index (κ3) is 3.72. The van der Waals surface area contributed by atoms with E-state index in [0.29, 0.717) is 18.0 Å². The number of benzene rings is 1. The molecule has 0 spiro atoms. The lowest BCUT2D eigenvalue weighted by Gasteiger charge is -2.44. The molecule has 3 aliphatic heterocycles. The zero-order valence-corrected chi connectivity index (χ0v) is 16.3. The quantitative estimate of drug-likeness (QED) is 0.515. The molecule has 6 nitrogen and oxygen atoms in total. The van der Waals surface area contributed by atoms with E-state index >= 15 is 0 Å². The van der Waals surface area contributed by atoms with Crippen LogP contribution in [0.3, 0.4) is 0 Å². The molecule has 3 aliphatic rings. The molecule has 146 valence electrons. The largest absolute Gasteiger partial charge is 0.483 e. The number of aromatic amines is 1. The first kappa shape index (κ1) is 18.8. The molecule has 2 aromatic heterocycles. The molecule has 0 saturated carbocycles. The van der Waals surface area contributed by atoms with Crippen molar-refractivity contribution in [2.75, 3.05) is 19.6 Å². The molecular formula is C21H23N3O3S. The summed E-state index contributed by atoms with van der Waals surface area (Å²) >= 11 is 1.72. The average molecular weight is 398 g/mol. The number of ketones is 1. The van der Waals surface area contributed by atoms with Gasteiger partial charge in [-0.3, -0.25) is 14.7 Å².